The van der Waals surface area contributed by atoms with Crippen molar-refractivity contribution in [1.29, 1.82) is 0 Å². The van der Waals surface area contributed by atoms with Gasteiger partial charge in [-0.05, 0) is 24.8 Å². The standard InChI is InChI=1S/C11H15N3O4S2/c1-2-20(16,17)12-6-4-7-14-10(13-18-11(14)15)9-5-3-8-19-9/h3,5,8,12H,2,4,6-7H2,1H3. The van der Waals surface area contributed by atoms with Gasteiger partial charge in [-0.3, -0.25) is 9.09 Å². The molecule has 0 aliphatic heterocycles. The largest absolute Gasteiger partial charge is 0.441 e. The van der Waals surface area contributed by atoms with Gasteiger partial charge in [0.1, 0.15) is 0 Å². The lowest BCUT2D eigenvalue weighted by atomic mass is 10.4. The molecule has 2 aromatic rings. The van der Waals surface area contributed by atoms with Crippen molar-refractivity contribution in [2.24, 2.45) is 0 Å². The second-order valence-electron chi connectivity index (χ2n) is 4.05. The van der Waals surface area contributed by atoms with E-state index in [0.29, 0.717) is 18.8 Å². The summed E-state index contributed by atoms with van der Waals surface area (Å²) < 4.78 is 31.1. The molecule has 0 saturated carbocycles. The highest BCUT2D eigenvalue weighted by molar-refractivity contribution is 7.89. The summed E-state index contributed by atoms with van der Waals surface area (Å²) in [7, 11) is -3.20. The van der Waals surface area contributed by atoms with Crippen molar-refractivity contribution in [3.8, 4) is 10.7 Å². The Morgan fingerprint density at radius 1 is 1.50 bits per heavy atom. The van der Waals surface area contributed by atoms with E-state index < -0.39 is 15.8 Å². The lowest BCUT2D eigenvalue weighted by molar-refractivity contribution is 0.375. The van der Waals surface area contributed by atoms with Crippen molar-refractivity contribution < 1.29 is 12.9 Å². The molecule has 0 aliphatic carbocycles. The number of thiophene rings is 1. The van der Waals surface area contributed by atoms with Crippen LogP contribution in [0.5, 0.6) is 0 Å². The first-order valence-electron chi connectivity index (χ1n) is 6.11. The summed E-state index contributed by atoms with van der Waals surface area (Å²) >= 11 is 1.46. The van der Waals surface area contributed by atoms with Crippen LogP contribution in [0, 0.1) is 0 Å². The second kappa shape index (κ2) is 6.33. The summed E-state index contributed by atoms with van der Waals surface area (Å²) in [6, 6.07) is 3.71. The predicted octanol–water partition coefficient (Wildman–Crippen LogP) is 0.894. The first-order chi connectivity index (χ1) is 9.53. The highest BCUT2D eigenvalue weighted by Crippen LogP contribution is 2.21. The molecule has 110 valence electrons. The van der Waals surface area contributed by atoms with E-state index in [2.05, 4.69) is 14.4 Å². The summed E-state index contributed by atoms with van der Waals surface area (Å²) in [5, 5.41) is 5.63. The molecule has 20 heavy (non-hydrogen) atoms. The third-order valence-electron chi connectivity index (χ3n) is 2.69. The fraction of sp³-hybridized carbons (Fsp3) is 0.455. The zero-order chi connectivity index (χ0) is 14.6. The van der Waals surface area contributed by atoms with Gasteiger partial charge in [-0.15, -0.1) is 11.3 Å². The summed E-state index contributed by atoms with van der Waals surface area (Å²) in [4.78, 5) is 12.4. The van der Waals surface area contributed by atoms with Crippen LogP contribution in [0.2, 0.25) is 0 Å². The van der Waals surface area contributed by atoms with Crippen LogP contribution in [0.25, 0.3) is 10.7 Å². The molecule has 2 rings (SSSR count). The van der Waals surface area contributed by atoms with Crippen LogP contribution < -0.4 is 10.5 Å². The van der Waals surface area contributed by atoms with Gasteiger partial charge >= 0.3 is 5.76 Å². The molecule has 0 fully saturated rings. The van der Waals surface area contributed by atoms with E-state index >= 15 is 0 Å². The molecule has 1 N–H and O–H groups in total. The summed E-state index contributed by atoms with van der Waals surface area (Å²) in [5.41, 5.74) is 0. The van der Waals surface area contributed by atoms with Gasteiger partial charge in [-0.1, -0.05) is 11.2 Å². The molecule has 0 aliphatic rings. The molecule has 0 unspecified atom stereocenters. The van der Waals surface area contributed by atoms with Gasteiger partial charge in [0.25, 0.3) is 0 Å². The smallest absolute Gasteiger partial charge is 0.295 e. The van der Waals surface area contributed by atoms with Gasteiger partial charge in [0.2, 0.25) is 10.0 Å². The highest BCUT2D eigenvalue weighted by Gasteiger charge is 2.13. The normalized spacial score (nSPS) is 11.8. The zero-order valence-electron chi connectivity index (χ0n) is 10.9. The van der Waals surface area contributed by atoms with Crippen molar-refractivity contribution >= 4 is 21.4 Å². The van der Waals surface area contributed by atoms with Crippen LogP contribution in [0.3, 0.4) is 0 Å². The Hall–Kier alpha value is -1.45. The number of nitrogens with one attached hydrogen (secondary N) is 1. The van der Waals surface area contributed by atoms with Gasteiger partial charge in [0.15, 0.2) is 5.82 Å². The quantitative estimate of drug-likeness (QED) is 0.766. The average molecular weight is 317 g/mol. The van der Waals surface area contributed by atoms with E-state index in [0.717, 1.165) is 4.88 Å². The predicted molar refractivity (Wildman–Crippen MR) is 76.2 cm³/mol. The van der Waals surface area contributed by atoms with Crippen LogP contribution in [0.1, 0.15) is 13.3 Å². The Balaban J connectivity index is 2.00. The highest BCUT2D eigenvalue weighted by atomic mass is 32.2. The topological polar surface area (TPSA) is 94.2 Å². The Morgan fingerprint density at radius 3 is 2.95 bits per heavy atom. The number of aromatic nitrogens is 2. The maximum Gasteiger partial charge on any atom is 0.441 e. The van der Waals surface area contributed by atoms with Crippen molar-refractivity contribution in [3.63, 3.8) is 0 Å². The number of sulfonamides is 1. The van der Waals surface area contributed by atoms with Gasteiger partial charge in [0.05, 0.1) is 10.6 Å². The first-order valence-corrected chi connectivity index (χ1v) is 8.64. The molecule has 9 heteroatoms. The second-order valence-corrected chi connectivity index (χ2v) is 7.10. The number of hydrogen-bond acceptors (Lipinski definition) is 6. The summed E-state index contributed by atoms with van der Waals surface area (Å²) in [6.45, 7) is 2.20. The molecule has 0 atom stereocenters. The van der Waals surface area contributed by atoms with E-state index in [1.165, 1.54) is 15.9 Å². The van der Waals surface area contributed by atoms with E-state index in [4.69, 9.17) is 0 Å². The minimum absolute atomic E-state index is 0.0423. The maximum absolute atomic E-state index is 11.6. The fourth-order valence-corrected chi connectivity index (χ4v) is 2.99. The third kappa shape index (κ3) is 3.56. The molecule has 0 amide bonds. The summed E-state index contributed by atoms with van der Waals surface area (Å²) in [5.74, 6) is -0.0178. The first kappa shape index (κ1) is 14.9. The molecule has 0 spiro atoms. The minimum atomic E-state index is -3.20. The Bertz CT molecular complexity index is 700. The van der Waals surface area contributed by atoms with Crippen LogP contribution >= 0.6 is 11.3 Å². The van der Waals surface area contributed by atoms with Crippen molar-refractivity contribution in [2.45, 2.75) is 19.9 Å². The molecular weight excluding hydrogens is 302 g/mol. The van der Waals surface area contributed by atoms with E-state index in [1.54, 1.807) is 6.92 Å². The Morgan fingerprint density at radius 2 is 2.30 bits per heavy atom. The molecule has 0 bridgehead atoms. The van der Waals surface area contributed by atoms with E-state index in [-0.39, 0.29) is 12.3 Å². The summed E-state index contributed by atoms with van der Waals surface area (Å²) in [6.07, 6.45) is 0.485. The van der Waals surface area contributed by atoms with Gasteiger partial charge in [-0.2, -0.15) is 0 Å². The van der Waals surface area contributed by atoms with Crippen LogP contribution in [0.4, 0.5) is 0 Å². The lowest BCUT2D eigenvalue weighted by Gasteiger charge is -2.05. The third-order valence-corrected chi connectivity index (χ3v) is 4.96. The average Bonchev–Trinajstić information content (AvgIpc) is 3.05. The molecule has 2 heterocycles. The molecule has 0 aromatic carbocycles. The van der Waals surface area contributed by atoms with Gasteiger partial charge in [-0.25, -0.2) is 17.9 Å². The zero-order valence-corrected chi connectivity index (χ0v) is 12.5. The Labute approximate surface area is 120 Å². The molecule has 7 nitrogen and oxygen atoms in total. The van der Waals surface area contributed by atoms with Crippen LogP contribution in [0.15, 0.2) is 26.8 Å². The molecule has 2 aromatic heterocycles. The maximum atomic E-state index is 11.6. The van der Waals surface area contributed by atoms with E-state index in [9.17, 15) is 13.2 Å². The number of nitrogens with zero attached hydrogens (tertiary/aromatic N) is 2. The fourth-order valence-electron chi connectivity index (χ4n) is 1.62. The lowest BCUT2D eigenvalue weighted by Crippen LogP contribution is -2.27. The van der Waals surface area contributed by atoms with Gasteiger partial charge in [0, 0.05) is 13.1 Å². The van der Waals surface area contributed by atoms with Crippen molar-refractivity contribution in [1.82, 2.24) is 14.4 Å². The SMILES string of the molecule is CCS(=O)(=O)NCCCn1c(-c2cccs2)noc1=O. The molecular formula is C11H15N3O4S2. The molecule has 0 saturated heterocycles. The van der Waals surface area contributed by atoms with E-state index in [1.807, 2.05) is 17.5 Å². The number of rotatable bonds is 7. The minimum Gasteiger partial charge on any atom is -0.295 e. The Kier molecular flexibility index (Phi) is 4.73. The van der Waals surface area contributed by atoms with Crippen molar-refractivity contribution in [3.05, 3.63) is 28.1 Å². The molecule has 0 radical (unpaired) electrons. The number of hydrogen-bond donors (Lipinski definition) is 1. The van der Waals surface area contributed by atoms with Gasteiger partial charge < -0.3 is 0 Å². The van der Waals surface area contributed by atoms with Crippen LogP contribution in [-0.2, 0) is 16.6 Å². The van der Waals surface area contributed by atoms with Crippen molar-refractivity contribution in [2.75, 3.05) is 12.3 Å². The van der Waals surface area contributed by atoms with Crippen LogP contribution in [-0.4, -0.2) is 30.4 Å². The monoisotopic (exact) mass is 317 g/mol.